The number of aromatic nitrogens is 1. The van der Waals surface area contributed by atoms with Gasteiger partial charge in [0, 0.05) is 58.1 Å². The van der Waals surface area contributed by atoms with Gasteiger partial charge >= 0.3 is 0 Å². The van der Waals surface area contributed by atoms with E-state index >= 15 is 0 Å². The van der Waals surface area contributed by atoms with Crippen molar-refractivity contribution >= 4 is 35.8 Å². The molecule has 0 spiro atoms. The molecule has 164 valence electrons. The maximum Gasteiger partial charge on any atom is 0.194 e. The third-order valence-corrected chi connectivity index (χ3v) is 4.97. The van der Waals surface area contributed by atoms with E-state index in [0.29, 0.717) is 13.2 Å². The second-order valence-electron chi connectivity index (χ2n) is 7.32. The van der Waals surface area contributed by atoms with Crippen LogP contribution in [0.3, 0.4) is 0 Å². The van der Waals surface area contributed by atoms with E-state index in [0.717, 1.165) is 55.8 Å². The summed E-state index contributed by atoms with van der Waals surface area (Å²) >= 11 is 0. The lowest BCUT2D eigenvalue weighted by Crippen LogP contribution is -2.52. The Morgan fingerprint density at radius 3 is 2.50 bits per heavy atom. The zero-order valence-corrected chi connectivity index (χ0v) is 20.5. The van der Waals surface area contributed by atoms with Gasteiger partial charge < -0.3 is 24.8 Å². The first-order valence-corrected chi connectivity index (χ1v) is 10.1. The lowest BCUT2D eigenvalue weighted by atomic mass is 10.2. The van der Waals surface area contributed by atoms with Crippen LogP contribution in [0, 0.1) is 0 Å². The molecule has 1 saturated heterocycles. The highest BCUT2D eigenvalue weighted by atomic mass is 127. The zero-order chi connectivity index (χ0) is 20.5. The van der Waals surface area contributed by atoms with Crippen LogP contribution in [0.15, 0.2) is 53.7 Å². The van der Waals surface area contributed by atoms with Gasteiger partial charge in [-0.3, -0.25) is 4.99 Å². The van der Waals surface area contributed by atoms with Crippen molar-refractivity contribution in [3.05, 3.63) is 54.2 Å². The predicted octanol–water partition coefficient (Wildman–Crippen LogP) is 2.54. The van der Waals surface area contributed by atoms with Gasteiger partial charge in [0.25, 0.3) is 0 Å². The summed E-state index contributed by atoms with van der Waals surface area (Å²) in [4.78, 5) is 15.7. The topological polar surface area (TPSA) is 56.2 Å². The fourth-order valence-corrected chi connectivity index (χ4v) is 3.32. The molecule has 0 saturated carbocycles. The first-order valence-electron chi connectivity index (χ1n) is 10.1. The van der Waals surface area contributed by atoms with Gasteiger partial charge in [0.15, 0.2) is 5.96 Å². The van der Waals surface area contributed by atoms with Crippen molar-refractivity contribution in [3.8, 4) is 5.75 Å². The molecular weight excluding hydrogens is 491 g/mol. The number of rotatable bonds is 7. The van der Waals surface area contributed by atoms with Crippen LogP contribution >= 0.6 is 24.0 Å². The highest BCUT2D eigenvalue weighted by Crippen LogP contribution is 2.18. The molecule has 2 aromatic rings. The molecule has 8 heteroatoms. The van der Waals surface area contributed by atoms with E-state index in [1.165, 1.54) is 0 Å². The lowest BCUT2D eigenvalue weighted by molar-refractivity contribution is 0.259. The van der Waals surface area contributed by atoms with Crippen LogP contribution in [0.5, 0.6) is 5.75 Å². The van der Waals surface area contributed by atoms with Crippen molar-refractivity contribution in [1.82, 2.24) is 20.1 Å². The minimum Gasteiger partial charge on any atom is -0.492 e. The van der Waals surface area contributed by atoms with E-state index in [9.17, 15) is 0 Å². The molecule has 1 N–H and O–H groups in total. The molecule has 7 nitrogen and oxygen atoms in total. The van der Waals surface area contributed by atoms with Crippen molar-refractivity contribution in [1.29, 1.82) is 0 Å². The van der Waals surface area contributed by atoms with Crippen LogP contribution in [0.25, 0.3) is 0 Å². The molecule has 3 rings (SSSR count). The van der Waals surface area contributed by atoms with Crippen molar-refractivity contribution in [3.63, 3.8) is 0 Å². The van der Waals surface area contributed by atoms with Crippen LogP contribution in [-0.2, 0) is 6.54 Å². The number of likely N-dealkylation sites (N-methyl/N-ethyl adjacent to an activating group) is 1. The molecule has 0 amide bonds. The van der Waals surface area contributed by atoms with Gasteiger partial charge in [-0.05, 0) is 32.3 Å². The number of hydrogen-bond donors (Lipinski definition) is 1. The molecule has 0 unspecified atom stereocenters. The molecule has 0 bridgehead atoms. The summed E-state index contributed by atoms with van der Waals surface area (Å²) in [7, 11) is 5.94. The first kappa shape index (κ1) is 24.2. The minimum atomic E-state index is 0. The van der Waals surface area contributed by atoms with Crippen LogP contribution in [0.2, 0.25) is 0 Å². The molecule has 1 aliphatic rings. The fraction of sp³-hybridized carbons (Fsp3) is 0.455. The number of aliphatic imine (C=N–C) groups is 1. The van der Waals surface area contributed by atoms with Crippen LogP contribution in [0.1, 0.15) is 5.56 Å². The van der Waals surface area contributed by atoms with Crippen LogP contribution in [0.4, 0.5) is 5.82 Å². The van der Waals surface area contributed by atoms with Gasteiger partial charge in [-0.1, -0.05) is 24.3 Å². The Morgan fingerprint density at radius 2 is 1.83 bits per heavy atom. The summed E-state index contributed by atoms with van der Waals surface area (Å²) in [5.74, 6) is 2.89. The van der Waals surface area contributed by atoms with Crippen LogP contribution in [-0.4, -0.2) is 81.2 Å². The minimum absolute atomic E-state index is 0. The maximum atomic E-state index is 5.97. The number of anilines is 1. The number of piperazine rings is 1. The van der Waals surface area contributed by atoms with Gasteiger partial charge in [-0.2, -0.15) is 0 Å². The highest BCUT2D eigenvalue weighted by molar-refractivity contribution is 14.0. The second kappa shape index (κ2) is 12.6. The molecule has 30 heavy (non-hydrogen) atoms. The molecule has 0 aliphatic carbocycles. The van der Waals surface area contributed by atoms with Gasteiger partial charge in [0.1, 0.15) is 18.2 Å². The zero-order valence-electron chi connectivity index (χ0n) is 18.1. The van der Waals surface area contributed by atoms with Gasteiger partial charge in [0.05, 0.1) is 0 Å². The van der Waals surface area contributed by atoms with E-state index < -0.39 is 0 Å². The van der Waals surface area contributed by atoms with Gasteiger partial charge in [-0.15, -0.1) is 24.0 Å². The average molecular weight is 524 g/mol. The molecule has 1 fully saturated rings. The summed E-state index contributed by atoms with van der Waals surface area (Å²) in [5.41, 5.74) is 1.14. The quantitative estimate of drug-likeness (QED) is 0.342. The number of nitrogens with one attached hydrogen (secondary N) is 1. The molecule has 1 aromatic carbocycles. The van der Waals surface area contributed by atoms with Gasteiger partial charge in [-0.25, -0.2) is 4.98 Å². The third kappa shape index (κ3) is 7.02. The number of benzene rings is 1. The standard InChI is InChI=1S/C22H32N6O.HI/c1-23-22(28-14-12-27(13-15-28)21-10-6-7-11-24-21)25-18-19-8-4-5-9-20(19)29-17-16-26(2)3;/h4-11H,12-18H2,1-3H3,(H,23,25);1H. The Hall–Kier alpha value is -2.07. The van der Waals surface area contributed by atoms with E-state index in [1.54, 1.807) is 0 Å². The molecule has 2 heterocycles. The number of hydrogen-bond acceptors (Lipinski definition) is 5. The smallest absolute Gasteiger partial charge is 0.194 e. The van der Waals surface area contributed by atoms with E-state index in [2.05, 4.69) is 56.2 Å². The number of guanidine groups is 1. The largest absolute Gasteiger partial charge is 0.492 e. The van der Waals surface area contributed by atoms with E-state index in [1.807, 2.05) is 43.6 Å². The number of para-hydroxylation sites is 1. The number of halogens is 1. The highest BCUT2D eigenvalue weighted by Gasteiger charge is 2.20. The van der Waals surface area contributed by atoms with Crippen molar-refractivity contribution < 1.29 is 4.74 Å². The number of ether oxygens (including phenoxy) is 1. The summed E-state index contributed by atoms with van der Waals surface area (Å²) in [6.45, 7) is 5.95. The lowest BCUT2D eigenvalue weighted by Gasteiger charge is -2.37. The molecule has 1 aromatic heterocycles. The van der Waals surface area contributed by atoms with E-state index in [-0.39, 0.29) is 24.0 Å². The van der Waals surface area contributed by atoms with Crippen molar-refractivity contribution in [2.24, 2.45) is 4.99 Å². The van der Waals surface area contributed by atoms with Crippen molar-refractivity contribution in [2.45, 2.75) is 6.54 Å². The second-order valence-corrected chi connectivity index (χ2v) is 7.32. The maximum absolute atomic E-state index is 5.97. The normalized spacial score (nSPS) is 14.5. The number of nitrogens with zero attached hydrogens (tertiary/aromatic N) is 5. The SMILES string of the molecule is CN=C(NCc1ccccc1OCCN(C)C)N1CCN(c2ccccn2)CC1.I. The Bertz CT molecular complexity index is 778. The first-order chi connectivity index (χ1) is 14.2. The summed E-state index contributed by atoms with van der Waals surface area (Å²) in [6.07, 6.45) is 1.85. The average Bonchev–Trinajstić information content (AvgIpc) is 2.76. The fourth-order valence-electron chi connectivity index (χ4n) is 3.32. The molecule has 0 radical (unpaired) electrons. The Labute approximate surface area is 197 Å². The molecular formula is C22H33IN6O. The molecule has 0 atom stereocenters. The predicted molar refractivity (Wildman–Crippen MR) is 134 cm³/mol. The third-order valence-electron chi connectivity index (χ3n) is 4.97. The van der Waals surface area contributed by atoms with Crippen LogP contribution < -0.4 is 15.0 Å². The summed E-state index contributed by atoms with van der Waals surface area (Å²) in [6, 6.07) is 14.2. The molecule has 1 aliphatic heterocycles. The summed E-state index contributed by atoms with van der Waals surface area (Å²) in [5, 5.41) is 3.50. The number of pyridine rings is 1. The Morgan fingerprint density at radius 1 is 1.10 bits per heavy atom. The monoisotopic (exact) mass is 524 g/mol. The van der Waals surface area contributed by atoms with E-state index in [4.69, 9.17) is 4.74 Å². The Kier molecular flexibility index (Phi) is 10.2. The van der Waals surface area contributed by atoms with Gasteiger partial charge in [0.2, 0.25) is 0 Å². The summed E-state index contributed by atoms with van der Waals surface area (Å²) < 4.78 is 5.97. The van der Waals surface area contributed by atoms with Crippen molar-refractivity contribution in [2.75, 3.05) is 65.4 Å². The Balaban J connectivity index is 0.00000320.